The van der Waals surface area contributed by atoms with Crippen molar-refractivity contribution in [1.29, 1.82) is 0 Å². The number of benzene rings is 3. The quantitative estimate of drug-likeness (QED) is 0.0377. The van der Waals surface area contributed by atoms with Crippen molar-refractivity contribution in [1.82, 2.24) is 0 Å². The van der Waals surface area contributed by atoms with E-state index in [2.05, 4.69) is 122 Å². The number of ether oxygens (including phenoxy) is 6. The third kappa shape index (κ3) is 29.7. The first kappa shape index (κ1) is 99.3. The van der Waals surface area contributed by atoms with E-state index >= 15 is 0 Å². The second-order valence-electron chi connectivity index (χ2n) is 27.1. The molecule has 6 saturated carbocycles. The summed E-state index contributed by atoms with van der Waals surface area (Å²) in [4.78, 5) is 0. The van der Waals surface area contributed by atoms with Gasteiger partial charge in [0.1, 0.15) is 20.4 Å². The van der Waals surface area contributed by atoms with E-state index in [-0.39, 0.29) is 101 Å². The number of alkyl halides is 12. The van der Waals surface area contributed by atoms with Gasteiger partial charge in [-0.25, -0.2) is 0 Å². The number of hydrogen-bond acceptors (Lipinski definition) is 9. The predicted octanol–water partition coefficient (Wildman–Crippen LogP) is 21.6. The van der Waals surface area contributed by atoms with Crippen molar-refractivity contribution in [3.05, 3.63) is 91.0 Å². The molecule has 98 heavy (non-hydrogen) atoms. The first-order valence-corrected chi connectivity index (χ1v) is 41.4. The summed E-state index contributed by atoms with van der Waals surface area (Å²) in [5.41, 5.74) is -6.21. The van der Waals surface area contributed by atoms with Gasteiger partial charge in [0, 0.05) is 41.2 Å². The van der Waals surface area contributed by atoms with Crippen molar-refractivity contribution < 1.29 is 94.4 Å². The van der Waals surface area contributed by atoms with Crippen LogP contribution in [0.5, 0.6) is 0 Å². The molecule has 0 N–H and O–H groups in total. The number of fused-ring (bicyclic) bond motifs is 6. The zero-order valence-corrected chi connectivity index (χ0v) is 59.5. The minimum atomic E-state index is -5.52. The summed E-state index contributed by atoms with van der Waals surface area (Å²) < 4.78 is 203. The van der Waals surface area contributed by atoms with E-state index in [0.717, 1.165) is 58.3 Å². The summed E-state index contributed by atoms with van der Waals surface area (Å²) in [6.07, 6.45) is -10.7. The highest BCUT2D eigenvalue weighted by atomic mass is 28.4. The Morgan fingerprint density at radius 3 is 0.969 bits per heavy atom. The van der Waals surface area contributed by atoms with Crippen LogP contribution < -0.4 is 15.6 Å². The normalized spacial score (nSPS) is 23.1. The topological polar surface area (TPSA) is 83.1 Å². The van der Waals surface area contributed by atoms with Gasteiger partial charge in [-0.15, -0.1) is 0 Å². The van der Waals surface area contributed by atoms with Gasteiger partial charge in [-0.2, -0.15) is 52.7 Å². The van der Waals surface area contributed by atoms with E-state index in [0.29, 0.717) is 49.7 Å². The van der Waals surface area contributed by atoms with Crippen molar-refractivity contribution in [2.45, 2.75) is 250 Å². The van der Waals surface area contributed by atoms with Crippen LogP contribution in [-0.4, -0.2) is 128 Å². The Labute approximate surface area is 588 Å². The Bertz CT molecular complexity index is 2360. The Balaban J connectivity index is -0.00000111. The molecule has 3 aromatic carbocycles. The van der Waals surface area contributed by atoms with Crippen LogP contribution in [0, 0.1) is 53.3 Å². The summed E-state index contributed by atoms with van der Waals surface area (Å²) in [6.45, 7) is 18.5. The van der Waals surface area contributed by atoms with Gasteiger partial charge in [0.15, 0.2) is 11.7 Å². The average Bonchev–Trinajstić information content (AvgIpc) is 1.31. The summed E-state index contributed by atoms with van der Waals surface area (Å²) in [5, 5.41) is 4.05. The van der Waals surface area contributed by atoms with E-state index < -0.39 is 86.1 Å². The highest BCUT2D eigenvalue weighted by Crippen LogP contribution is 2.57. The van der Waals surface area contributed by atoms with Crippen LogP contribution in [0.4, 0.5) is 52.7 Å². The third-order valence-corrected chi connectivity index (χ3v) is 28.2. The molecule has 0 amide bonds. The third-order valence-electron chi connectivity index (χ3n) is 20.0. The molecule has 6 bridgehead atoms. The van der Waals surface area contributed by atoms with Crippen molar-refractivity contribution in [2.75, 3.05) is 61.5 Å². The Hall–Kier alpha value is -2.89. The van der Waals surface area contributed by atoms with Gasteiger partial charge in [-0.1, -0.05) is 155 Å². The molecule has 3 aromatic rings. The Morgan fingerprint density at radius 2 is 0.704 bits per heavy atom. The predicted molar refractivity (Wildman–Crippen MR) is 385 cm³/mol. The van der Waals surface area contributed by atoms with Crippen molar-refractivity contribution in [3.8, 4) is 0 Å². The molecule has 6 fully saturated rings. The van der Waals surface area contributed by atoms with E-state index in [9.17, 15) is 52.7 Å². The molecule has 9 rings (SSSR count). The van der Waals surface area contributed by atoms with Crippen LogP contribution in [-0.2, 0) is 41.7 Å². The van der Waals surface area contributed by atoms with E-state index in [1.807, 2.05) is 18.2 Å². The number of hydrogen-bond donors (Lipinski definition) is 0. The molecule has 6 aliphatic carbocycles. The molecule has 11 unspecified atom stereocenters. The lowest BCUT2D eigenvalue weighted by molar-refractivity contribution is -0.398. The SMILES string of the molecule is C.C.C.C.C.C.CCOCOC(C)(CC1CC2CCC1C2)C(F)(F)F.CCOCOC(CC1CC2CCC1C2)(C(F)(F)F)C(F)(F)F.CCOCOC(CC1CC2CCC1C2)C(F)(F)F.CO[Si](C)(C)c1ccccc1.CO[Si](C)(C)c1ccccc1.CO[Si](C)(C)c1ccccc1. The minimum Gasteiger partial charge on any atom is -0.416 e. The molecule has 11 atom stereocenters. The van der Waals surface area contributed by atoms with E-state index in [4.69, 9.17) is 32.2 Å². The lowest BCUT2D eigenvalue weighted by atomic mass is 9.79. The maximum Gasteiger partial charge on any atom is 0.426 e. The molecule has 0 saturated heterocycles. The van der Waals surface area contributed by atoms with Crippen LogP contribution in [0.2, 0.25) is 39.3 Å². The Morgan fingerprint density at radius 1 is 0.398 bits per heavy atom. The van der Waals surface area contributed by atoms with Crippen molar-refractivity contribution >= 4 is 40.5 Å². The fraction of sp³-hybridized carbons (Fsp3) is 0.757. The lowest BCUT2D eigenvalue weighted by Gasteiger charge is -2.40. The monoisotopic (exact) mass is 1470 g/mol. The lowest BCUT2D eigenvalue weighted by Crippen LogP contribution is -2.60. The molecular formula is C74H130F12O9Si3. The molecule has 0 aliphatic heterocycles. The minimum absolute atomic E-state index is 0. The van der Waals surface area contributed by atoms with Gasteiger partial charge >= 0.3 is 24.7 Å². The van der Waals surface area contributed by atoms with Crippen LogP contribution in [0.3, 0.4) is 0 Å². The second-order valence-corrected chi connectivity index (χ2v) is 39.1. The zero-order valence-electron chi connectivity index (χ0n) is 56.5. The van der Waals surface area contributed by atoms with Crippen molar-refractivity contribution in [3.63, 3.8) is 0 Å². The standard InChI is InChI=1S/C14H20F6O2.C14H23F3O2.C13H21F3O2.3C9H14OSi.6CH4/c1-2-21-8-22-12(13(15,16)17,14(18,19)20)7-11-6-9-3-4-10(11)5-9;1-3-18-9-19-13(2,14(15,16)17)8-12-7-10-4-5-11(12)6-10;1-2-17-8-18-12(13(14,15)16)7-11-6-9-3-4-10(11)5-9;3*1-10-11(2,3)9-7-5-4-6-8-9;;;;;;/h9-11H,2-8H2,1H3;10-12H,3-9H2,1-2H3;9-12H,2-8H2,1H3;3*4-8H,1-3H3;6*1H4. The smallest absolute Gasteiger partial charge is 0.416 e. The largest absolute Gasteiger partial charge is 0.426 e. The maximum atomic E-state index is 13.3. The zero-order chi connectivity index (χ0) is 68.8. The number of halogens is 12. The van der Waals surface area contributed by atoms with Crippen LogP contribution >= 0.6 is 0 Å². The fourth-order valence-corrected chi connectivity index (χ4v) is 17.5. The van der Waals surface area contributed by atoms with Gasteiger partial charge in [-0.3, -0.25) is 0 Å². The second kappa shape index (κ2) is 44.7. The average molecular weight is 1480 g/mol. The highest BCUT2D eigenvalue weighted by molar-refractivity contribution is 6.85. The maximum absolute atomic E-state index is 13.3. The van der Waals surface area contributed by atoms with Gasteiger partial charge in [0.05, 0.1) is 0 Å². The van der Waals surface area contributed by atoms with Gasteiger partial charge in [-0.05, 0) is 213 Å². The fourth-order valence-electron chi connectivity index (χ4n) is 13.8. The van der Waals surface area contributed by atoms with Crippen LogP contribution in [0.15, 0.2) is 91.0 Å². The summed E-state index contributed by atoms with van der Waals surface area (Å²) in [5.74, 6) is 2.26. The van der Waals surface area contributed by atoms with Crippen molar-refractivity contribution in [2.24, 2.45) is 53.3 Å². The molecular weight excluding hydrogens is 1350 g/mol. The molecule has 0 aromatic heterocycles. The molecule has 0 spiro atoms. The summed E-state index contributed by atoms with van der Waals surface area (Å²) in [6, 6.07) is 31.3. The molecule has 0 radical (unpaired) electrons. The van der Waals surface area contributed by atoms with Gasteiger partial charge < -0.3 is 41.7 Å². The van der Waals surface area contributed by atoms with E-state index in [1.165, 1.54) is 35.3 Å². The first-order chi connectivity index (χ1) is 43.0. The highest BCUT2D eigenvalue weighted by Gasteiger charge is 2.73. The number of rotatable bonds is 24. The van der Waals surface area contributed by atoms with E-state index in [1.54, 1.807) is 35.2 Å². The van der Waals surface area contributed by atoms with Gasteiger partial charge in [0.2, 0.25) is 25.0 Å². The van der Waals surface area contributed by atoms with Crippen LogP contribution in [0.25, 0.3) is 0 Å². The first-order valence-electron chi connectivity index (χ1n) is 32.7. The molecule has 6 aliphatic rings. The molecule has 24 heteroatoms. The van der Waals surface area contributed by atoms with Crippen LogP contribution in [0.1, 0.15) is 169 Å². The summed E-state index contributed by atoms with van der Waals surface area (Å²) in [7, 11) is 0.713. The summed E-state index contributed by atoms with van der Waals surface area (Å²) >= 11 is 0. The molecule has 0 heterocycles. The Kier molecular flexibility index (Phi) is 45.3. The molecule has 9 nitrogen and oxygen atoms in total. The molecule has 576 valence electrons. The van der Waals surface area contributed by atoms with Gasteiger partial charge in [0.25, 0.3) is 5.60 Å².